The summed E-state index contributed by atoms with van der Waals surface area (Å²) in [7, 11) is 0. The second kappa shape index (κ2) is 10.9. The number of para-hydroxylation sites is 1. The molecular weight excluding hydrogens is 647 g/mol. The fourth-order valence-corrected chi connectivity index (χ4v) is 9.36. The van der Waals surface area contributed by atoms with Gasteiger partial charge in [-0.1, -0.05) is 172 Å². The number of fused-ring (bicyclic) bond motifs is 13. The van der Waals surface area contributed by atoms with Gasteiger partial charge in [-0.15, -0.1) is 0 Å². The van der Waals surface area contributed by atoms with Crippen LogP contribution >= 0.6 is 0 Å². The maximum atomic E-state index is 7.16. The quantitative estimate of drug-likeness (QED) is 0.186. The molecule has 1 aromatic heterocycles. The molecule has 2 heterocycles. The van der Waals surface area contributed by atoms with Crippen LogP contribution in [-0.4, -0.2) is 15.0 Å². The minimum absolute atomic E-state index is 0.380. The van der Waals surface area contributed by atoms with E-state index in [1.54, 1.807) is 0 Å². The van der Waals surface area contributed by atoms with Crippen LogP contribution in [0.3, 0.4) is 0 Å². The minimum atomic E-state index is -0.524. The van der Waals surface area contributed by atoms with Gasteiger partial charge < -0.3 is 4.74 Å². The molecule has 1 aliphatic heterocycles. The smallest absolute Gasteiger partial charge is 0.164 e. The summed E-state index contributed by atoms with van der Waals surface area (Å²) >= 11 is 0. The average molecular weight is 680 g/mol. The second-order valence-corrected chi connectivity index (χ2v) is 14.7. The molecule has 11 rings (SSSR count). The van der Waals surface area contributed by atoms with Crippen molar-refractivity contribution in [3.8, 4) is 67.9 Å². The molecule has 4 heteroatoms. The molecule has 1 spiro atoms. The van der Waals surface area contributed by atoms with E-state index >= 15 is 0 Å². The minimum Gasteiger partial charge on any atom is -0.456 e. The first-order chi connectivity index (χ1) is 26.0. The van der Waals surface area contributed by atoms with Gasteiger partial charge in [-0.25, -0.2) is 15.0 Å². The normalized spacial score (nSPS) is 14.7. The van der Waals surface area contributed by atoms with Gasteiger partial charge in [-0.2, -0.15) is 0 Å². The van der Waals surface area contributed by atoms with E-state index in [1.807, 2.05) is 36.4 Å². The third kappa shape index (κ3) is 4.03. The number of rotatable bonds is 3. The van der Waals surface area contributed by atoms with Gasteiger partial charge in [-0.3, -0.25) is 0 Å². The molecule has 7 aromatic carbocycles. The van der Waals surface area contributed by atoms with Crippen molar-refractivity contribution in [1.29, 1.82) is 0 Å². The molecule has 0 amide bonds. The van der Waals surface area contributed by atoms with E-state index in [1.165, 1.54) is 44.5 Å². The van der Waals surface area contributed by atoms with Crippen LogP contribution < -0.4 is 4.74 Å². The summed E-state index contributed by atoms with van der Waals surface area (Å²) < 4.78 is 7.16. The van der Waals surface area contributed by atoms with E-state index in [-0.39, 0.29) is 5.41 Å². The zero-order valence-electron chi connectivity index (χ0n) is 29.3. The molecule has 0 radical (unpaired) electrons. The van der Waals surface area contributed by atoms with Crippen LogP contribution in [0.15, 0.2) is 164 Å². The third-order valence-electron chi connectivity index (χ3n) is 11.6. The SMILES string of the molecule is CC1(C)c2cccc(-c3nc(-c4ccccc4)nc(-c4ccccc4)n3)c2-c2ccc3c(c21)Oc1ccccc1C31c2ccccc2-c2ccccc21. The fourth-order valence-electron chi connectivity index (χ4n) is 9.36. The highest BCUT2D eigenvalue weighted by molar-refractivity contribution is 5.95. The van der Waals surface area contributed by atoms with E-state index in [0.717, 1.165) is 39.3 Å². The monoisotopic (exact) mass is 679 g/mol. The van der Waals surface area contributed by atoms with Crippen molar-refractivity contribution in [2.75, 3.05) is 0 Å². The van der Waals surface area contributed by atoms with Gasteiger partial charge in [0, 0.05) is 38.8 Å². The highest BCUT2D eigenvalue weighted by atomic mass is 16.5. The molecule has 0 unspecified atom stereocenters. The van der Waals surface area contributed by atoms with Crippen molar-refractivity contribution in [2.24, 2.45) is 0 Å². The van der Waals surface area contributed by atoms with Gasteiger partial charge in [0.2, 0.25) is 0 Å². The topological polar surface area (TPSA) is 47.9 Å². The number of nitrogens with zero attached hydrogens (tertiary/aromatic N) is 3. The lowest BCUT2D eigenvalue weighted by molar-refractivity contribution is 0.422. The lowest BCUT2D eigenvalue weighted by Crippen LogP contribution is -2.33. The fraction of sp³-hybridized carbons (Fsp3) is 0.0816. The zero-order chi connectivity index (χ0) is 35.3. The van der Waals surface area contributed by atoms with Crippen molar-refractivity contribution in [3.05, 3.63) is 197 Å². The molecule has 2 aliphatic carbocycles. The Bertz CT molecular complexity index is 2680. The lowest BCUT2D eigenvalue weighted by atomic mass is 9.65. The maximum absolute atomic E-state index is 7.16. The summed E-state index contributed by atoms with van der Waals surface area (Å²) in [4.78, 5) is 15.3. The molecule has 0 saturated carbocycles. The van der Waals surface area contributed by atoms with Gasteiger partial charge in [-0.05, 0) is 45.0 Å². The average Bonchev–Trinajstić information content (AvgIpc) is 3.64. The van der Waals surface area contributed by atoms with Crippen LogP contribution in [0.25, 0.3) is 56.4 Å². The Balaban J connectivity index is 1.19. The predicted octanol–water partition coefficient (Wildman–Crippen LogP) is 11.6. The van der Waals surface area contributed by atoms with Crippen LogP contribution in [0.4, 0.5) is 0 Å². The summed E-state index contributed by atoms with van der Waals surface area (Å²) in [6, 6.07) is 57.9. The summed E-state index contributed by atoms with van der Waals surface area (Å²) in [5.74, 6) is 3.78. The molecule has 3 aliphatic rings. The number of benzene rings is 7. The third-order valence-corrected chi connectivity index (χ3v) is 11.6. The standard InChI is InChI=1S/C49H33N3O/c1-48(2)39-26-15-22-35(47-51-45(30-16-5-3-6-17-30)50-46(52-47)31-18-7-4-8-19-31)42(39)34-28-29-40-44(43(34)48)53-41-27-14-13-25-38(41)49(40)36-23-11-9-20-32(36)33-21-10-12-24-37(33)49/h3-29H,1-2H3. The van der Waals surface area contributed by atoms with Crippen LogP contribution in [-0.2, 0) is 10.8 Å². The number of ether oxygens (including phenoxy) is 1. The Kier molecular flexibility index (Phi) is 6.19. The number of aromatic nitrogens is 3. The van der Waals surface area contributed by atoms with E-state index in [0.29, 0.717) is 17.5 Å². The van der Waals surface area contributed by atoms with Gasteiger partial charge in [0.15, 0.2) is 17.5 Å². The lowest BCUT2D eigenvalue weighted by Gasteiger charge is -2.41. The van der Waals surface area contributed by atoms with Crippen LogP contribution in [0.2, 0.25) is 0 Å². The molecule has 0 bridgehead atoms. The highest BCUT2D eigenvalue weighted by Crippen LogP contribution is 2.65. The second-order valence-electron chi connectivity index (χ2n) is 14.7. The van der Waals surface area contributed by atoms with Gasteiger partial charge in [0.1, 0.15) is 11.5 Å². The molecule has 0 saturated heterocycles. The Morgan fingerprint density at radius 3 is 1.55 bits per heavy atom. The van der Waals surface area contributed by atoms with Crippen molar-refractivity contribution in [3.63, 3.8) is 0 Å². The Morgan fingerprint density at radius 1 is 0.396 bits per heavy atom. The van der Waals surface area contributed by atoms with E-state index in [9.17, 15) is 0 Å². The van der Waals surface area contributed by atoms with Crippen molar-refractivity contribution in [1.82, 2.24) is 15.0 Å². The van der Waals surface area contributed by atoms with E-state index in [4.69, 9.17) is 19.7 Å². The summed E-state index contributed by atoms with van der Waals surface area (Å²) in [5.41, 5.74) is 14.2. The van der Waals surface area contributed by atoms with E-state index in [2.05, 4.69) is 141 Å². The van der Waals surface area contributed by atoms with Crippen LogP contribution in [0.1, 0.15) is 47.2 Å². The molecule has 250 valence electrons. The first kappa shape index (κ1) is 30.0. The van der Waals surface area contributed by atoms with E-state index < -0.39 is 5.41 Å². The first-order valence-corrected chi connectivity index (χ1v) is 18.2. The molecule has 4 nitrogen and oxygen atoms in total. The summed E-state index contributed by atoms with van der Waals surface area (Å²) in [6.45, 7) is 4.65. The molecular formula is C49H33N3O. The first-order valence-electron chi connectivity index (χ1n) is 18.2. The Hall–Kier alpha value is -6.65. The molecule has 53 heavy (non-hydrogen) atoms. The largest absolute Gasteiger partial charge is 0.456 e. The van der Waals surface area contributed by atoms with Crippen LogP contribution in [0, 0.1) is 0 Å². The highest BCUT2D eigenvalue weighted by Gasteiger charge is 2.53. The van der Waals surface area contributed by atoms with Crippen molar-refractivity contribution >= 4 is 0 Å². The Morgan fingerprint density at radius 2 is 0.906 bits per heavy atom. The zero-order valence-corrected chi connectivity index (χ0v) is 29.3. The summed E-state index contributed by atoms with van der Waals surface area (Å²) in [6.07, 6.45) is 0. The Labute approximate surface area is 308 Å². The molecule has 0 atom stereocenters. The molecule has 0 fully saturated rings. The van der Waals surface area contributed by atoms with Gasteiger partial charge in [0.25, 0.3) is 0 Å². The number of hydrogen-bond donors (Lipinski definition) is 0. The molecule has 8 aromatic rings. The van der Waals surface area contributed by atoms with Gasteiger partial charge in [0.05, 0.1) is 5.41 Å². The maximum Gasteiger partial charge on any atom is 0.164 e. The van der Waals surface area contributed by atoms with Crippen molar-refractivity contribution in [2.45, 2.75) is 24.7 Å². The van der Waals surface area contributed by atoms with Crippen LogP contribution in [0.5, 0.6) is 11.5 Å². The van der Waals surface area contributed by atoms with Gasteiger partial charge >= 0.3 is 0 Å². The summed E-state index contributed by atoms with van der Waals surface area (Å²) in [5, 5.41) is 0. The predicted molar refractivity (Wildman–Crippen MR) is 211 cm³/mol. The van der Waals surface area contributed by atoms with Crippen molar-refractivity contribution < 1.29 is 4.74 Å². The number of hydrogen-bond acceptors (Lipinski definition) is 4. The molecule has 0 N–H and O–H groups in total.